The topological polar surface area (TPSA) is 93.1 Å². The van der Waals surface area contributed by atoms with Gasteiger partial charge in [0.2, 0.25) is 0 Å². The third kappa shape index (κ3) is 3.12. The van der Waals surface area contributed by atoms with Crippen molar-refractivity contribution in [1.82, 2.24) is 4.90 Å². The van der Waals surface area contributed by atoms with E-state index in [1.807, 2.05) is 0 Å². The summed E-state index contributed by atoms with van der Waals surface area (Å²) in [6, 6.07) is 6.14. The Morgan fingerprint density at radius 3 is 2.55 bits per heavy atom. The molecule has 0 saturated carbocycles. The van der Waals surface area contributed by atoms with Crippen LogP contribution in [0.1, 0.15) is 15.9 Å². The van der Waals surface area contributed by atoms with Crippen LogP contribution in [0.4, 0.5) is 4.79 Å². The standard InChI is InChI=1S/C13H13NO6/c15-7-9-1-3-10(4-2-9)12(17)20-8-11(16)14-5-6-19-13(14)18/h1-4,15H,5-8H2. The van der Waals surface area contributed by atoms with Crippen LogP contribution in [0.25, 0.3) is 0 Å². The number of nitrogens with zero attached hydrogens (tertiary/aromatic N) is 1. The average Bonchev–Trinajstić information content (AvgIpc) is 2.90. The first kappa shape index (κ1) is 14.0. The van der Waals surface area contributed by atoms with Crippen molar-refractivity contribution in [3.8, 4) is 0 Å². The monoisotopic (exact) mass is 279 g/mol. The van der Waals surface area contributed by atoms with Gasteiger partial charge in [-0.3, -0.25) is 4.79 Å². The molecule has 0 aliphatic carbocycles. The Bertz CT molecular complexity index is 524. The number of hydrogen-bond acceptors (Lipinski definition) is 6. The lowest BCUT2D eigenvalue weighted by molar-refractivity contribution is -0.131. The van der Waals surface area contributed by atoms with E-state index < -0.39 is 24.6 Å². The van der Waals surface area contributed by atoms with E-state index in [4.69, 9.17) is 9.84 Å². The largest absolute Gasteiger partial charge is 0.452 e. The second-order valence-corrected chi connectivity index (χ2v) is 4.09. The molecule has 1 aliphatic rings. The summed E-state index contributed by atoms with van der Waals surface area (Å²) >= 11 is 0. The van der Waals surface area contributed by atoms with Gasteiger partial charge < -0.3 is 14.6 Å². The van der Waals surface area contributed by atoms with Gasteiger partial charge in [-0.1, -0.05) is 12.1 Å². The van der Waals surface area contributed by atoms with E-state index in [0.717, 1.165) is 4.90 Å². The Hall–Kier alpha value is -2.41. The first-order valence-corrected chi connectivity index (χ1v) is 5.96. The van der Waals surface area contributed by atoms with Gasteiger partial charge >= 0.3 is 12.1 Å². The van der Waals surface area contributed by atoms with E-state index in [1.54, 1.807) is 12.1 Å². The lowest BCUT2D eigenvalue weighted by atomic mass is 10.1. The molecule has 1 aromatic carbocycles. The molecule has 1 saturated heterocycles. The second kappa shape index (κ2) is 6.16. The Labute approximate surface area is 114 Å². The highest BCUT2D eigenvalue weighted by Crippen LogP contribution is 2.07. The van der Waals surface area contributed by atoms with Crippen LogP contribution in [0.3, 0.4) is 0 Å². The summed E-state index contributed by atoms with van der Waals surface area (Å²) < 4.78 is 9.43. The maximum absolute atomic E-state index is 11.7. The minimum Gasteiger partial charge on any atom is -0.452 e. The molecular weight excluding hydrogens is 266 g/mol. The van der Waals surface area contributed by atoms with Gasteiger partial charge in [0.15, 0.2) is 6.61 Å². The average molecular weight is 279 g/mol. The highest BCUT2D eigenvalue weighted by Gasteiger charge is 2.28. The fourth-order valence-corrected chi connectivity index (χ4v) is 1.65. The molecule has 1 aliphatic heterocycles. The zero-order valence-corrected chi connectivity index (χ0v) is 10.6. The van der Waals surface area contributed by atoms with Crippen LogP contribution in [0.2, 0.25) is 0 Å². The van der Waals surface area contributed by atoms with E-state index in [2.05, 4.69) is 4.74 Å². The van der Waals surface area contributed by atoms with Crippen LogP contribution < -0.4 is 0 Å². The smallest absolute Gasteiger partial charge is 0.416 e. The van der Waals surface area contributed by atoms with Crippen LogP contribution in [-0.4, -0.2) is 47.7 Å². The number of aliphatic hydroxyl groups is 1. The number of esters is 1. The highest BCUT2D eigenvalue weighted by atomic mass is 16.6. The predicted molar refractivity (Wildman–Crippen MR) is 65.7 cm³/mol. The number of aliphatic hydroxyl groups excluding tert-OH is 1. The van der Waals surface area contributed by atoms with Crippen LogP contribution >= 0.6 is 0 Å². The zero-order chi connectivity index (χ0) is 14.5. The number of cyclic esters (lactones) is 1. The van der Waals surface area contributed by atoms with Gasteiger partial charge in [-0.25, -0.2) is 14.5 Å². The van der Waals surface area contributed by atoms with Gasteiger partial charge in [0, 0.05) is 0 Å². The second-order valence-electron chi connectivity index (χ2n) is 4.09. The summed E-state index contributed by atoms with van der Waals surface area (Å²) in [6.45, 7) is -0.317. The van der Waals surface area contributed by atoms with Gasteiger partial charge in [0.1, 0.15) is 6.61 Å². The van der Waals surface area contributed by atoms with E-state index in [1.165, 1.54) is 12.1 Å². The molecule has 0 aromatic heterocycles. The minimum absolute atomic E-state index is 0.120. The third-order valence-electron chi connectivity index (χ3n) is 2.76. The number of amides is 2. The van der Waals surface area contributed by atoms with Crippen molar-refractivity contribution < 1.29 is 29.0 Å². The van der Waals surface area contributed by atoms with Gasteiger partial charge in [-0.15, -0.1) is 0 Å². The maximum atomic E-state index is 11.7. The van der Waals surface area contributed by atoms with Crippen molar-refractivity contribution in [2.45, 2.75) is 6.61 Å². The van der Waals surface area contributed by atoms with E-state index in [-0.39, 0.29) is 25.3 Å². The van der Waals surface area contributed by atoms with E-state index >= 15 is 0 Å². The molecule has 106 valence electrons. The minimum atomic E-state index is -0.724. The Morgan fingerprint density at radius 2 is 2.00 bits per heavy atom. The number of benzene rings is 1. The molecule has 0 unspecified atom stereocenters. The molecule has 0 radical (unpaired) electrons. The normalized spacial score (nSPS) is 14.1. The molecule has 2 rings (SSSR count). The molecule has 1 fully saturated rings. The Balaban J connectivity index is 1.88. The van der Waals surface area contributed by atoms with Crippen molar-refractivity contribution in [2.24, 2.45) is 0 Å². The SMILES string of the molecule is O=C(OCC(=O)N1CCOC1=O)c1ccc(CO)cc1. The summed E-state index contributed by atoms with van der Waals surface area (Å²) in [5.41, 5.74) is 0.927. The molecule has 7 nitrogen and oxygen atoms in total. The van der Waals surface area contributed by atoms with E-state index in [9.17, 15) is 14.4 Å². The Morgan fingerprint density at radius 1 is 1.30 bits per heavy atom. The number of carbonyl (C=O) groups is 3. The zero-order valence-electron chi connectivity index (χ0n) is 10.6. The quantitative estimate of drug-likeness (QED) is 0.797. The molecule has 7 heteroatoms. The van der Waals surface area contributed by atoms with Crippen molar-refractivity contribution in [1.29, 1.82) is 0 Å². The highest BCUT2D eigenvalue weighted by molar-refractivity contribution is 5.96. The van der Waals surface area contributed by atoms with Crippen LogP contribution in [0.15, 0.2) is 24.3 Å². The van der Waals surface area contributed by atoms with Crippen LogP contribution in [-0.2, 0) is 20.9 Å². The molecular formula is C13H13NO6. The molecule has 1 N–H and O–H groups in total. The number of carbonyl (C=O) groups excluding carboxylic acids is 3. The van der Waals surface area contributed by atoms with Gasteiger partial charge in [0.25, 0.3) is 5.91 Å². The fraction of sp³-hybridized carbons (Fsp3) is 0.308. The Kier molecular flexibility index (Phi) is 4.31. The molecule has 0 bridgehead atoms. The molecule has 1 heterocycles. The molecule has 2 amide bonds. The van der Waals surface area contributed by atoms with Crippen molar-refractivity contribution in [3.05, 3.63) is 35.4 Å². The van der Waals surface area contributed by atoms with Crippen molar-refractivity contribution in [2.75, 3.05) is 19.8 Å². The predicted octanol–water partition coefficient (Wildman–Crippen LogP) is 0.314. The number of ether oxygens (including phenoxy) is 2. The van der Waals surface area contributed by atoms with Crippen LogP contribution in [0, 0.1) is 0 Å². The number of imide groups is 1. The van der Waals surface area contributed by atoms with Crippen molar-refractivity contribution in [3.63, 3.8) is 0 Å². The summed E-state index contributed by atoms with van der Waals surface area (Å²) in [7, 11) is 0. The van der Waals surface area contributed by atoms with Gasteiger partial charge in [-0.2, -0.15) is 0 Å². The first-order chi connectivity index (χ1) is 9.61. The van der Waals surface area contributed by atoms with Crippen molar-refractivity contribution >= 4 is 18.0 Å². The van der Waals surface area contributed by atoms with Crippen LogP contribution in [0.5, 0.6) is 0 Å². The van der Waals surface area contributed by atoms with E-state index in [0.29, 0.717) is 5.56 Å². The summed E-state index contributed by atoms with van der Waals surface area (Å²) in [6.07, 6.45) is -0.724. The summed E-state index contributed by atoms with van der Waals surface area (Å²) in [5.74, 6) is -1.29. The fourth-order valence-electron chi connectivity index (χ4n) is 1.65. The lowest BCUT2D eigenvalue weighted by Gasteiger charge is -2.10. The third-order valence-corrected chi connectivity index (χ3v) is 2.76. The number of hydrogen-bond donors (Lipinski definition) is 1. The number of rotatable bonds is 4. The molecule has 20 heavy (non-hydrogen) atoms. The summed E-state index contributed by atoms with van der Waals surface area (Å²) in [5, 5.41) is 8.88. The maximum Gasteiger partial charge on any atom is 0.416 e. The van der Waals surface area contributed by atoms with Gasteiger partial charge in [0.05, 0.1) is 18.7 Å². The van der Waals surface area contributed by atoms with Gasteiger partial charge in [-0.05, 0) is 17.7 Å². The molecule has 0 spiro atoms. The molecule has 1 aromatic rings. The molecule has 0 atom stereocenters. The lowest BCUT2D eigenvalue weighted by Crippen LogP contribution is -2.35. The first-order valence-electron chi connectivity index (χ1n) is 5.96. The summed E-state index contributed by atoms with van der Waals surface area (Å²) in [4.78, 5) is 35.3.